The molecule has 3 aromatic carbocycles. The Hall–Kier alpha value is -3.04. The molecule has 4 heteroatoms. The minimum atomic E-state index is -0.106. The van der Waals surface area contributed by atoms with Gasteiger partial charge in [-0.05, 0) is 60.9 Å². The number of allylic oxidation sites excluding steroid dienone is 1. The number of ketones is 1. The molecule has 4 rings (SSSR count). The number of rotatable bonds is 4. The molecular weight excluding hydrogens is 372 g/mol. The second-order valence-corrected chi connectivity index (χ2v) is 7.21. The zero-order valence-electron chi connectivity index (χ0n) is 15.7. The molecule has 3 aromatic rings. The first-order valence-electron chi connectivity index (χ1n) is 9.03. The van der Waals surface area contributed by atoms with Gasteiger partial charge in [-0.1, -0.05) is 48.0 Å². The van der Waals surface area contributed by atoms with Gasteiger partial charge in [0.2, 0.25) is 5.78 Å². The van der Waals surface area contributed by atoms with Gasteiger partial charge in [-0.3, -0.25) is 4.79 Å². The lowest BCUT2D eigenvalue weighted by Gasteiger charge is -2.11. The molecule has 0 saturated carbocycles. The molecule has 1 aliphatic heterocycles. The fraction of sp³-hybridized carbons (Fsp3) is 0.125. The highest BCUT2D eigenvalue weighted by Gasteiger charge is 2.30. The maximum absolute atomic E-state index is 12.7. The first-order chi connectivity index (χ1) is 13.5. The summed E-state index contributed by atoms with van der Waals surface area (Å²) in [4.78, 5) is 12.7. The predicted octanol–water partition coefficient (Wildman–Crippen LogP) is 6.15. The van der Waals surface area contributed by atoms with Gasteiger partial charge in [0.1, 0.15) is 18.1 Å². The van der Waals surface area contributed by atoms with E-state index in [1.165, 1.54) is 0 Å². The summed E-state index contributed by atoms with van der Waals surface area (Å²) < 4.78 is 11.9. The molecule has 0 radical (unpaired) electrons. The Bertz CT molecular complexity index is 1080. The van der Waals surface area contributed by atoms with E-state index in [1.54, 1.807) is 12.1 Å². The first kappa shape index (κ1) is 18.3. The second kappa shape index (κ2) is 7.53. The standard InChI is InChI=1S/C24H19ClO3/c1-15-5-3-4-6-18(15)13-22-23(26)20-11-12-21(16(2)24(20)28-22)27-14-17-7-9-19(25)10-8-17/h3-13H,14H2,1-2H3/b22-13-. The number of benzene rings is 3. The van der Waals surface area contributed by atoms with Crippen LogP contribution in [-0.4, -0.2) is 5.78 Å². The van der Waals surface area contributed by atoms with Gasteiger partial charge in [0.15, 0.2) is 5.76 Å². The van der Waals surface area contributed by atoms with E-state index < -0.39 is 0 Å². The van der Waals surface area contributed by atoms with Crippen molar-refractivity contribution < 1.29 is 14.3 Å². The normalized spacial score (nSPS) is 14.1. The molecule has 0 bridgehead atoms. The van der Waals surface area contributed by atoms with Gasteiger partial charge in [0.25, 0.3) is 0 Å². The smallest absolute Gasteiger partial charge is 0.231 e. The highest BCUT2D eigenvalue weighted by Crippen LogP contribution is 2.39. The number of aryl methyl sites for hydroxylation is 1. The van der Waals surface area contributed by atoms with Gasteiger partial charge in [0, 0.05) is 10.6 Å². The Morgan fingerprint density at radius 1 is 1.00 bits per heavy atom. The number of halogens is 1. The fourth-order valence-electron chi connectivity index (χ4n) is 3.16. The number of ether oxygens (including phenoxy) is 2. The summed E-state index contributed by atoms with van der Waals surface area (Å²) >= 11 is 5.92. The zero-order valence-corrected chi connectivity index (χ0v) is 16.4. The van der Waals surface area contributed by atoms with Gasteiger partial charge in [-0.15, -0.1) is 0 Å². The van der Waals surface area contributed by atoms with Crippen LogP contribution in [0.2, 0.25) is 5.02 Å². The van der Waals surface area contributed by atoms with Crippen LogP contribution in [0.4, 0.5) is 0 Å². The average molecular weight is 391 g/mol. The number of hydrogen-bond donors (Lipinski definition) is 0. The number of carbonyl (C=O) groups is 1. The summed E-state index contributed by atoms with van der Waals surface area (Å²) in [6.07, 6.45) is 1.80. The van der Waals surface area contributed by atoms with Crippen LogP contribution in [0, 0.1) is 13.8 Å². The lowest BCUT2D eigenvalue weighted by atomic mass is 10.0. The minimum absolute atomic E-state index is 0.106. The Morgan fingerprint density at radius 2 is 1.75 bits per heavy atom. The Balaban J connectivity index is 1.58. The van der Waals surface area contributed by atoms with Crippen LogP contribution in [0.15, 0.2) is 66.4 Å². The van der Waals surface area contributed by atoms with Crippen LogP contribution < -0.4 is 9.47 Å². The van der Waals surface area contributed by atoms with Crippen LogP contribution >= 0.6 is 11.6 Å². The van der Waals surface area contributed by atoms with Crippen molar-refractivity contribution in [3.63, 3.8) is 0 Å². The van der Waals surface area contributed by atoms with Gasteiger partial charge in [-0.25, -0.2) is 0 Å². The van der Waals surface area contributed by atoms with E-state index in [-0.39, 0.29) is 5.78 Å². The van der Waals surface area contributed by atoms with Crippen LogP contribution in [0.3, 0.4) is 0 Å². The van der Waals surface area contributed by atoms with E-state index in [0.717, 1.165) is 22.3 Å². The molecule has 0 saturated heterocycles. The Kier molecular flexibility index (Phi) is 4.93. The van der Waals surface area contributed by atoms with Crippen molar-refractivity contribution >= 4 is 23.5 Å². The molecule has 0 atom stereocenters. The number of fused-ring (bicyclic) bond motifs is 1. The van der Waals surface area contributed by atoms with E-state index in [0.29, 0.717) is 34.5 Å². The largest absolute Gasteiger partial charge is 0.488 e. The monoisotopic (exact) mass is 390 g/mol. The van der Waals surface area contributed by atoms with Crippen molar-refractivity contribution in [2.75, 3.05) is 0 Å². The summed E-state index contributed by atoms with van der Waals surface area (Å²) in [5.41, 5.74) is 4.45. The van der Waals surface area contributed by atoms with Crippen molar-refractivity contribution in [3.8, 4) is 11.5 Å². The van der Waals surface area contributed by atoms with Gasteiger partial charge in [0.05, 0.1) is 5.56 Å². The zero-order chi connectivity index (χ0) is 19.7. The average Bonchev–Trinajstić information content (AvgIpc) is 3.01. The second-order valence-electron chi connectivity index (χ2n) is 6.78. The molecule has 0 amide bonds. The topological polar surface area (TPSA) is 35.5 Å². The van der Waals surface area contributed by atoms with E-state index >= 15 is 0 Å². The summed E-state index contributed by atoms with van der Waals surface area (Å²) in [6.45, 7) is 4.32. The van der Waals surface area contributed by atoms with Crippen molar-refractivity contribution in [2.24, 2.45) is 0 Å². The lowest BCUT2D eigenvalue weighted by molar-refractivity contribution is 0.101. The summed E-state index contributed by atoms with van der Waals surface area (Å²) in [5.74, 6) is 1.49. The third-order valence-corrected chi connectivity index (χ3v) is 5.07. The third-order valence-electron chi connectivity index (χ3n) is 4.82. The molecule has 3 nitrogen and oxygen atoms in total. The molecule has 0 aromatic heterocycles. The Morgan fingerprint density at radius 3 is 2.50 bits per heavy atom. The van der Waals surface area contributed by atoms with Crippen molar-refractivity contribution in [3.05, 3.63) is 99.3 Å². The first-order valence-corrected chi connectivity index (χ1v) is 9.41. The summed E-state index contributed by atoms with van der Waals surface area (Å²) in [7, 11) is 0. The predicted molar refractivity (Wildman–Crippen MR) is 111 cm³/mol. The van der Waals surface area contributed by atoms with Gasteiger partial charge in [-0.2, -0.15) is 0 Å². The van der Waals surface area contributed by atoms with Crippen molar-refractivity contribution in [1.29, 1.82) is 0 Å². The molecule has 28 heavy (non-hydrogen) atoms. The number of hydrogen-bond acceptors (Lipinski definition) is 3. The molecule has 0 N–H and O–H groups in total. The quantitative estimate of drug-likeness (QED) is 0.501. The minimum Gasteiger partial charge on any atom is -0.488 e. The molecular formula is C24H19ClO3. The maximum Gasteiger partial charge on any atom is 0.231 e. The highest BCUT2D eigenvalue weighted by molar-refractivity contribution is 6.30. The third kappa shape index (κ3) is 3.54. The van der Waals surface area contributed by atoms with Gasteiger partial charge < -0.3 is 9.47 Å². The molecule has 0 fully saturated rings. The van der Waals surface area contributed by atoms with Crippen molar-refractivity contribution in [2.45, 2.75) is 20.5 Å². The number of carbonyl (C=O) groups excluding carboxylic acids is 1. The van der Waals surface area contributed by atoms with Crippen molar-refractivity contribution in [1.82, 2.24) is 0 Å². The maximum atomic E-state index is 12.7. The van der Waals surface area contributed by atoms with Crippen LogP contribution in [0.1, 0.15) is 32.6 Å². The van der Waals surface area contributed by atoms with Gasteiger partial charge >= 0.3 is 0 Å². The molecule has 0 aliphatic carbocycles. The summed E-state index contributed by atoms with van der Waals surface area (Å²) in [5, 5.41) is 0.692. The van der Waals surface area contributed by atoms with E-state index in [2.05, 4.69) is 0 Å². The highest BCUT2D eigenvalue weighted by atomic mass is 35.5. The molecule has 140 valence electrons. The molecule has 1 aliphatic rings. The van der Waals surface area contributed by atoms with Crippen LogP contribution in [-0.2, 0) is 6.61 Å². The SMILES string of the molecule is Cc1ccccc1/C=C1\Oc2c(ccc(OCc3ccc(Cl)cc3)c2C)C1=O. The van der Waals surface area contributed by atoms with Crippen LogP contribution in [0.5, 0.6) is 11.5 Å². The Labute approximate surface area is 169 Å². The number of Topliss-reactive ketones (excluding diaryl/α,β-unsaturated/α-hetero) is 1. The molecule has 0 unspecified atom stereocenters. The van der Waals surface area contributed by atoms with Crippen LogP contribution in [0.25, 0.3) is 6.08 Å². The molecule has 1 heterocycles. The fourth-order valence-corrected chi connectivity index (χ4v) is 3.28. The van der Waals surface area contributed by atoms with E-state index in [1.807, 2.05) is 68.4 Å². The molecule has 0 spiro atoms. The van der Waals surface area contributed by atoms with E-state index in [9.17, 15) is 4.79 Å². The summed E-state index contributed by atoms with van der Waals surface area (Å²) in [6, 6.07) is 19.0. The lowest BCUT2D eigenvalue weighted by Crippen LogP contribution is -1.98. The van der Waals surface area contributed by atoms with E-state index in [4.69, 9.17) is 21.1 Å².